The molecule has 2 rings (SSSR count). The summed E-state index contributed by atoms with van der Waals surface area (Å²) in [7, 11) is 1.56. The number of methoxy groups -OCH3 is 1. The molecule has 0 bridgehead atoms. The van der Waals surface area contributed by atoms with Crippen LogP contribution in [0.25, 0.3) is 10.9 Å². The number of hydrogen-bond acceptors (Lipinski definition) is 4. The van der Waals surface area contributed by atoms with Crippen molar-refractivity contribution in [1.29, 1.82) is 0 Å². The molecule has 0 aliphatic carbocycles. The van der Waals surface area contributed by atoms with Crippen LogP contribution >= 0.6 is 23.0 Å². The van der Waals surface area contributed by atoms with E-state index in [0.717, 1.165) is 10.9 Å². The Hall–Kier alpha value is -1.11. The second-order valence-electron chi connectivity index (χ2n) is 2.62. The fraction of sp³-hybridized carbons (Fsp3) is 0.111. The summed E-state index contributed by atoms with van der Waals surface area (Å²) >= 11 is 1.78. The highest BCUT2D eigenvalue weighted by atomic mass is 127. The molecule has 14 heavy (non-hydrogen) atoms. The van der Waals surface area contributed by atoms with Gasteiger partial charge in [0.25, 0.3) is 0 Å². The zero-order valence-electron chi connectivity index (χ0n) is 7.40. The van der Waals surface area contributed by atoms with E-state index < -0.39 is 0 Å². The summed E-state index contributed by atoms with van der Waals surface area (Å²) < 4.78 is 10.1. The van der Waals surface area contributed by atoms with Crippen LogP contribution in [0.5, 0.6) is 11.8 Å². The van der Waals surface area contributed by atoms with Crippen LogP contribution in [0.2, 0.25) is 0 Å². The van der Waals surface area contributed by atoms with Crippen LogP contribution in [0.15, 0.2) is 24.4 Å². The maximum absolute atomic E-state index is 5.11. The Labute approximate surface area is 95.0 Å². The van der Waals surface area contributed by atoms with Gasteiger partial charge in [0.2, 0.25) is 11.8 Å². The first kappa shape index (κ1) is 9.45. The molecular formula is C9H7IN2O2. The Bertz CT molecular complexity index is 462. The number of nitrogens with zero attached hydrogens (tertiary/aromatic N) is 2. The van der Waals surface area contributed by atoms with Gasteiger partial charge in [-0.05, 0) is 6.07 Å². The Morgan fingerprint density at radius 1 is 1.43 bits per heavy atom. The second kappa shape index (κ2) is 3.95. The van der Waals surface area contributed by atoms with Crippen molar-refractivity contribution >= 4 is 33.9 Å². The van der Waals surface area contributed by atoms with Crippen molar-refractivity contribution in [3.8, 4) is 11.8 Å². The Morgan fingerprint density at radius 3 is 3.00 bits per heavy atom. The molecule has 2 aromatic rings. The number of halogens is 1. The van der Waals surface area contributed by atoms with Gasteiger partial charge in [0.1, 0.15) is 5.52 Å². The smallest absolute Gasteiger partial charge is 0.243 e. The topological polar surface area (TPSA) is 44.2 Å². The lowest BCUT2D eigenvalue weighted by Gasteiger charge is -2.04. The highest BCUT2D eigenvalue weighted by molar-refractivity contribution is 14.1. The summed E-state index contributed by atoms with van der Waals surface area (Å²) in [5, 5.41) is 0.950. The molecule has 0 fully saturated rings. The normalized spacial score (nSPS) is 10.1. The second-order valence-corrected chi connectivity index (χ2v) is 3.06. The van der Waals surface area contributed by atoms with E-state index in [4.69, 9.17) is 7.80 Å². The van der Waals surface area contributed by atoms with Crippen LogP contribution in [0.4, 0.5) is 0 Å². The molecule has 0 spiro atoms. The zero-order chi connectivity index (χ0) is 9.97. The van der Waals surface area contributed by atoms with Crippen molar-refractivity contribution < 1.29 is 7.80 Å². The van der Waals surface area contributed by atoms with E-state index in [2.05, 4.69) is 9.97 Å². The van der Waals surface area contributed by atoms with Crippen molar-refractivity contribution in [2.24, 2.45) is 0 Å². The molecule has 0 saturated carbocycles. The summed E-state index contributed by atoms with van der Waals surface area (Å²) in [5.74, 6) is 0.998. The Kier molecular flexibility index (Phi) is 2.67. The van der Waals surface area contributed by atoms with Crippen LogP contribution in [-0.2, 0) is 0 Å². The molecule has 0 amide bonds. The molecule has 0 N–H and O–H groups in total. The molecule has 0 radical (unpaired) electrons. The third-order valence-corrected chi connectivity index (χ3v) is 2.26. The zero-order valence-corrected chi connectivity index (χ0v) is 9.56. The van der Waals surface area contributed by atoms with Crippen LogP contribution in [0.3, 0.4) is 0 Å². The standard InChI is InChI=1S/C9H7IN2O2/c1-13-9-8-6(3-2-4-11-8)5-7(12-9)14-10/h2-5H,1H3. The number of fused-ring (bicyclic) bond motifs is 1. The van der Waals surface area contributed by atoms with Crippen molar-refractivity contribution in [2.45, 2.75) is 0 Å². The minimum absolute atomic E-state index is 0.481. The SMILES string of the molecule is COc1nc(OI)cc2cccnc12. The number of ether oxygens (including phenoxy) is 1. The number of rotatable bonds is 2. The first-order valence-corrected chi connectivity index (χ1v) is 4.81. The summed E-state index contributed by atoms with van der Waals surface area (Å²) in [4.78, 5) is 8.31. The van der Waals surface area contributed by atoms with Crippen molar-refractivity contribution in [3.63, 3.8) is 0 Å². The molecule has 0 saturated heterocycles. The molecule has 0 unspecified atom stereocenters. The highest BCUT2D eigenvalue weighted by Gasteiger charge is 2.06. The molecule has 72 valence electrons. The third kappa shape index (κ3) is 1.59. The van der Waals surface area contributed by atoms with Crippen molar-refractivity contribution in [1.82, 2.24) is 9.97 Å². The predicted octanol–water partition coefficient (Wildman–Crippen LogP) is 2.37. The summed E-state index contributed by atoms with van der Waals surface area (Å²) in [6, 6.07) is 5.61. The number of hydrogen-bond donors (Lipinski definition) is 0. The van der Waals surface area contributed by atoms with Crippen LogP contribution in [0.1, 0.15) is 0 Å². The average molecular weight is 302 g/mol. The van der Waals surface area contributed by atoms with Crippen molar-refractivity contribution in [2.75, 3.05) is 7.11 Å². The molecular weight excluding hydrogens is 295 g/mol. The van der Waals surface area contributed by atoms with Gasteiger partial charge in [-0.25, -0.2) is 0 Å². The lowest BCUT2D eigenvalue weighted by molar-refractivity contribution is 0.399. The van der Waals surface area contributed by atoms with Gasteiger partial charge >= 0.3 is 0 Å². The van der Waals surface area contributed by atoms with Gasteiger partial charge in [-0.15, -0.1) is 0 Å². The summed E-state index contributed by atoms with van der Waals surface area (Å²) in [6.07, 6.45) is 1.71. The van der Waals surface area contributed by atoms with Crippen LogP contribution < -0.4 is 7.80 Å². The Morgan fingerprint density at radius 2 is 2.29 bits per heavy atom. The van der Waals surface area contributed by atoms with Gasteiger partial charge < -0.3 is 7.80 Å². The monoisotopic (exact) mass is 302 g/mol. The number of pyridine rings is 2. The molecule has 2 aromatic heterocycles. The molecule has 4 nitrogen and oxygen atoms in total. The third-order valence-electron chi connectivity index (χ3n) is 1.80. The van der Waals surface area contributed by atoms with Gasteiger partial charge in [0.05, 0.1) is 7.11 Å². The molecule has 0 aliphatic rings. The van der Waals surface area contributed by atoms with Crippen molar-refractivity contribution in [3.05, 3.63) is 24.4 Å². The summed E-state index contributed by atoms with van der Waals surface area (Å²) in [6.45, 7) is 0. The summed E-state index contributed by atoms with van der Waals surface area (Å²) in [5.41, 5.74) is 0.743. The molecule has 0 aliphatic heterocycles. The maximum atomic E-state index is 5.11. The maximum Gasteiger partial charge on any atom is 0.243 e. The van der Waals surface area contributed by atoms with Crippen LogP contribution in [0, 0.1) is 0 Å². The minimum atomic E-state index is 0.481. The highest BCUT2D eigenvalue weighted by Crippen LogP contribution is 2.25. The molecule has 0 aromatic carbocycles. The van der Waals surface area contributed by atoms with E-state index in [1.54, 1.807) is 36.3 Å². The van der Waals surface area contributed by atoms with E-state index >= 15 is 0 Å². The molecule has 2 heterocycles. The van der Waals surface area contributed by atoms with Crippen LogP contribution in [-0.4, -0.2) is 17.1 Å². The predicted molar refractivity (Wildman–Crippen MR) is 60.7 cm³/mol. The average Bonchev–Trinajstić information content (AvgIpc) is 2.27. The van der Waals surface area contributed by atoms with E-state index in [0.29, 0.717) is 11.8 Å². The molecule has 5 heteroatoms. The van der Waals surface area contributed by atoms with Gasteiger partial charge in [-0.1, -0.05) is 6.07 Å². The van der Waals surface area contributed by atoms with Gasteiger partial charge in [-0.3, -0.25) is 4.98 Å². The van der Waals surface area contributed by atoms with Gasteiger partial charge in [0, 0.05) is 17.6 Å². The fourth-order valence-electron chi connectivity index (χ4n) is 1.21. The Balaban J connectivity index is 2.73. The first-order valence-electron chi connectivity index (χ1n) is 3.93. The lowest BCUT2D eigenvalue weighted by Crippen LogP contribution is -1.92. The van der Waals surface area contributed by atoms with E-state index in [1.807, 2.05) is 18.2 Å². The fourth-order valence-corrected chi connectivity index (χ4v) is 1.44. The van der Waals surface area contributed by atoms with Gasteiger partial charge in [-0.2, -0.15) is 4.98 Å². The van der Waals surface area contributed by atoms with E-state index in [1.165, 1.54) is 0 Å². The van der Waals surface area contributed by atoms with E-state index in [-0.39, 0.29) is 0 Å². The van der Waals surface area contributed by atoms with Gasteiger partial charge in [0.15, 0.2) is 23.0 Å². The number of aromatic nitrogens is 2. The lowest BCUT2D eigenvalue weighted by atomic mass is 10.2. The molecule has 0 atom stereocenters. The first-order chi connectivity index (χ1) is 6.85. The largest absolute Gasteiger partial charge is 0.479 e. The van der Waals surface area contributed by atoms with E-state index in [9.17, 15) is 0 Å². The quantitative estimate of drug-likeness (QED) is 0.799. The minimum Gasteiger partial charge on any atom is -0.479 e.